The molecule has 0 spiro atoms. The van der Waals surface area contributed by atoms with Gasteiger partial charge in [0.15, 0.2) is 0 Å². The van der Waals surface area contributed by atoms with Crippen molar-refractivity contribution in [2.45, 2.75) is 32.7 Å². The first-order valence-electron chi connectivity index (χ1n) is 10.9. The minimum absolute atomic E-state index is 0.0442. The average molecular weight is 456 g/mol. The van der Waals surface area contributed by atoms with Crippen LogP contribution in [0.3, 0.4) is 0 Å². The molecule has 1 atom stereocenters. The lowest BCUT2D eigenvalue weighted by molar-refractivity contribution is -0.137. The van der Waals surface area contributed by atoms with E-state index >= 15 is 0 Å². The fourth-order valence-electron chi connectivity index (χ4n) is 4.05. The van der Waals surface area contributed by atoms with Crippen LogP contribution in [0, 0.1) is 13.8 Å². The molecule has 8 heteroatoms. The predicted octanol–water partition coefficient (Wildman–Crippen LogP) is 4.44. The molecule has 1 unspecified atom stereocenters. The number of carboxylic acids is 1. The first-order chi connectivity index (χ1) is 16.4. The molecule has 2 aromatic carbocycles. The van der Waals surface area contributed by atoms with E-state index in [2.05, 4.69) is 39.5 Å². The van der Waals surface area contributed by atoms with Gasteiger partial charge in [0.1, 0.15) is 12.2 Å². The van der Waals surface area contributed by atoms with Crippen molar-refractivity contribution < 1.29 is 15.1 Å². The molecular formula is C26H25N5O3. The molecule has 0 aliphatic heterocycles. The monoisotopic (exact) mass is 455 g/mol. The third-order valence-corrected chi connectivity index (χ3v) is 5.76. The smallest absolute Gasteiger partial charge is 0.325 e. The minimum Gasteiger partial charge on any atom is -0.480 e. The van der Waals surface area contributed by atoms with Crippen molar-refractivity contribution in [2.24, 2.45) is 5.16 Å². The quantitative estimate of drug-likeness (QED) is 0.231. The summed E-state index contributed by atoms with van der Waals surface area (Å²) in [4.78, 5) is 15.2. The van der Waals surface area contributed by atoms with Crippen LogP contribution in [0.5, 0.6) is 0 Å². The SMILES string of the molecule is Cc1cc(/C(CC(c2ccc(-c3cn(CC(=O)O)nn3)cc2)c2ccccc2C)=N/O)ccn1. The van der Waals surface area contributed by atoms with Gasteiger partial charge in [0.05, 0.1) is 11.9 Å². The van der Waals surface area contributed by atoms with Crippen LogP contribution < -0.4 is 0 Å². The van der Waals surface area contributed by atoms with Crippen molar-refractivity contribution in [1.29, 1.82) is 0 Å². The third-order valence-electron chi connectivity index (χ3n) is 5.76. The Morgan fingerprint density at radius 1 is 1.09 bits per heavy atom. The van der Waals surface area contributed by atoms with E-state index in [4.69, 9.17) is 5.11 Å². The molecule has 0 saturated heterocycles. The Morgan fingerprint density at radius 3 is 2.53 bits per heavy atom. The summed E-state index contributed by atoms with van der Waals surface area (Å²) in [6, 6.07) is 19.9. The summed E-state index contributed by atoms with van der Waals surface area (Å²) in [7, 11) is 0. The number of hydrogen-bond donors (Lipinski definition) is 2. The van der Waals surface area contributed by atoms with Crippen molar-refractivity contribution in [3.63, 3.8) is 0 Å². The van der Waals surface area contributed by atoms with Crippen molar-refractivity contribution in [2.75, 3.05) is 0 Å². The van der Waals surface area contributed by atoms with Gasteiger partial charge in [-0.05, 0) is 42.7 Å². The molecule has 2 aromatic heterocycles. The molecule has 0 amide bonds. The van der Waals surface area contributed by atoms with E-state index in [0.717, 1.165) is 33.5 Å². The summed E-state index contributed by atoms with van der Waals surface area (Å²) in [5.74, 6) is -1.02. The molecule has 172 valence electrons. The van der Waals surface area contributed by atoms with Crippen molar-refractivity contribution in [3.05, 3.63) is 101 Å². The van der Waals surface area contributed by atoms with Crippen LogP contribution in [0.15, 0.2) is 78.2 Å². The zero-order valence-electron chi connectivity index (χ0n) is 19.0. The Hall–Kier alpha value is -4.33. The molecule has 0 saturated carbocycles. The number of nitrogens with zero attached hydrogens (tertiary/aromatic N) is 5. The maximum Gasteiger partial charge on any atom is 0.325 e. The van der Waals surface area contributed by atoms with Crippen molar-refractivity contribution in [1.82, 2.24) is 20.0 Å². The molecule has 0 bridgehead atoms. The number of aliphatic carboxylic acids is 1. The molecule has 2 N–H and O–H groups in total. The number of aryl methyl sites for hydroxylation is 2. The molecule has 0 fully saturated rings. The van der Waals surface area contributed by atoms with E-state index in [0.29, 0.717) is 17.8 Å². The molecule has 8 nitrogen and oxygen atoms in total. The fourth-order valence-corrected chi connectivity index (χ4v) is 4.05. The van der Waals surface area contributed by atoms with Gasteiger partial charge < -0.3 is 10.3 Å². The molecule has 0 radical (unpaired) electrons. The van der Waals surface area contributed by atoms with Gasteiger partial charge in [-0.1, -0.05) is 58.9 Å². The summed E-state index contributed by atoms with van der Waals surface area (Å²) in [5, 5.41) is 30.4. The standard InChI is InChI=1S/C26H25N5O3/c1-17-5-3-4-6-22(17)23(14-24(29-34)21-11-12-27-18(2)13-21)19-7-9-20(10-8-19)25-15-31(30-28-25)16-26(32)33/h3-13,15,23,34H,14,16H2,1-2H3,(H,32,33)/b29-24+. The number of hydrogen-bond acceptors (Lipinski definition) is 6. The van der Waals surface area contributed by atoms with Crippen LogP contribution in [0.4, 0.5) is 0 Å². The maximum atomic E-state index is 10.9. The van der Waals surface area contributed by atoms with E-state index in [1.165, 1.54) is 4.68 Å². The zero-order chi connectivity index (χ0) is 24.1. The largest absolute Gasteiger partial charge is 0.480 e. The summed E-state index contributed by atoms with van der Waals surface area (Å²) in [5.41, 5.74) is 7.06. The van der Waals surface area contributed by atoms with E-state index in [-0.39, 0.29) is 12.5 Å². The number of oxime groups is 1. The van der Waals surface area contributed by atoms with Gasteiger partial charge in [0.25, 0.3) is 0 Å². The lowest BCUT2D eigenvalue weighted by Crippen LogP contribution is -2.12. The number of carboxylic acid groups (broad SMARTS) is 1. The number of carbonyl (C=O) groups is 1. The van der Waals surface area contributed by atoms with Crippen LogP contribution in [0.25, 0.3) is 11.3 Å². The van der Waals surface area contributed by atoms with Gasteiger partial charge in [0.2, 0.25) is 0 Å². The summed E-state index contributed by atoms with van der Waals surface area (Å²) in [6.07, 6.45) is 3.83. The molecule has 2 heterocycles. The fraction of sp³-hybridized carbons (Fsp3) is 0.192. The Bertz CT molecular complexity index is 1330. The number of rotatable bonds is 8. The lowest BCUT2D eigenvalue weighted by Gasteiger charge is -2.21. The Balaban J connectivity index is 1.67. The molecule has 4 rings (SSSR count). The average Bonchev–Trinajstić information content (AvgIpc) is 3.28. The van der Waals surface area contributed by atoms with E-state index in [1.807, 2.05) is 55.5 Å². The minimum atomic E-state index is -0.974. The molecule has 0 aliphatic carbocycles. The zero-order valence-corrected chi connectivity index (χ0v) is 19.0. The van der Waals surface area contributed by atoms with Crippen LogP contribution in [0.2, 0.25) is 0 Å². The topological polar surface area (TPSA) is 113 Å². The van der Waals surface area contributed by atoms with E-state index < -0.39 is 5.97 Å². The van der Waals surface area contributed by atoms with Gasteiger partial charge in [-0.15, -0.1) is 5.10 Å². The Labute approximate surface area is 197 Å². The second-order valence-corrected chi connectivity index (χ2v) is 8.16. The lowest BCUT2D eigenvalue weighted by atomic mass is 9.83. The molecule has 4 aromatic rings. The second kappa shape index (κ2) is 10.1. The van der Waals surface area contributed by atoms with Gasteiger partial charge in [-0.2, -0.15) is 0 Å². The van der Waals surface area contributed by atoms with Crippen LogP contribution in [0.1, 0.15) is 40.3 Å². The number of benzene rings is 2. The third kappa shape index (κ3) is 5.17. The summed E-state index contributed by atoms with van der Waals surface area (Å²) >= 11 is 0. The first kappa shape index (κ1) is 22.8. The predicted molar refractivity (Wildman–Crippen MR) is 128 cm³/mol. The van der Waals surface area contributed by atoms with Crippen LogP contribution >= 0.6 is 0 Å². The van der Waals surface area contributed by atoms with Gasteiger partial charge >= 0.3 is 5.97 Å². The van der Waals surface area contributed by atoms with Gasteiger partial charge in [-0.3, -0.25) is 9.78 Å². The van der Waals surface area contributed by atoms with Crippen molar-refractivity contribution >= 4 is 11.7 Å². The Morgan fingerprint density at radius 2 is 1.85 bits per heavy atom. The van der Waals surface area contributed by atoms with Crippen LogP contribution in [-0.2, 0) is 11.3 Å². The molecule has 0 aliphatic rings. The summed E-state index contributed by atoms with van der Waals surface area (Å²) < 4.78 is 1.29. The highest BCUT2D eigenvalue weighted by molar-refractivity contribution is 6.01. The van der Waals surface area contributed by atoms with Crippen molar-refractivity contribution in [3.8, 4) is 11.3 Å². The highest BCUT2D eigenvalue weighted by atomic mass is 16.4. The van der Waals surface area contributed by atoms with E-state index in [9.17, 15) is 10.0 Å². The molecule has 34 heavy (non-hydrogen) atoms. The van der Waals surface area contributed by atoms with Gasteiger partial charge in [0, 0.05) is 35.4 Å². The number of pyridine rings is 1. The molecular weight excluding hydrogens is 430 g/mol. The Kier molecular flexibility index (Phi) is 6.77. The number of aromatic nitrogens is 4. The summed E-state index contributed by atoms with van der Waals surface area (Å²) in [6.45, 7) is 3.74. The second-order valence-electron chi connectivity index (χ2n) is 8.16. The highest BCUT2D eigenvalue weighted by Crippen LogP contribution is 2.33. The van der Waals surface area contributed by atoms with Crippen LogP contribution in [-0.4, -0.2) is 42.0 Å². The van der Waals surface area contributed by atoms with E-state index in [1.54, 1.807) is 12.4 Å². The highest BCUT2D eigenvalue weighted by Gasteiger charge is 2.21. The van der Waals surface area contributed by atoms with Gasteiger partial charge in [-0.25, -0.2) is 4.68 Å². The first-order valence-corrected chi connectivity index (χ1v) is 10.9. The maximum absolute atomic E-state index is 10.9. The normalized spacial score (nSPS) is 12.5.